The van der Waals surface area contributed by atoms with Crippen molar-refractivity contribution in [1.82, 2.24) is 9.88 Å². The van der Waals surface area contributed by atoms with Crippen molar-refractivity contribution in [3.8, 4) is 0 Å². The molecule has 2 rings (SSSR count). The summed E-state index contributed by atoms with van der Waals surface area (Å²) in [4.78, 5) is 0.00228. The molecule has 0 fully saturated rings. The second kappa shape index (κ2) is 5.22. The molecule has 0 aliphatic heterocycles. The zero-order valence-corrected chi connectivity index (χ0v) is 11.5. The maximum Gasteiger partial charge on any atom is 0.245 e. The molecule has 0 atom stereocenters. The Morgan fingerprint density at radius 3 is 2.78 bits per heavy atom. The zero-order chi connectivity index (χ0) is 13.2. The van der Waals surface area contributed by atoms with E-state index in [4.69, 9.17) is 14.7 Å². The van der Waals surface area contributed by atoms with Crippen LogP contribution >= 0.6 is 15.9 Å². The fraction of sp³-hybridized carbons (Fsp3) is 0.222. The van der Waals surface area contributed by atoms with Gasteiger partial charge >= 0.3 is 0 Å². The number of halogens is 1. The van der Waals surface area contributed by atoms with Crippen LogP contribution in [0, 0.1) is 0 Å². The summed E-state index contributed by atoms with van der Waals surface area (Å²) >= 11 is 3.04. The van der Waals surface area contributed by atoms with Gasteiger partial charge in [0.2, 0.25) is 10.0 Å². The monoisotopic (exact) mass is 335 g/mol. The van der Waals surface area contributed by atoms with Crippen LogP contribution in [0.15, 0.2) is 36.8 Å². The molecule has 18 heavy (non-hydrogen) atoms. The second-order valence-corrected chi connectivity index (χ2v) is 5.81. The van der Waals surface area contributed by atoms with Crippen LogP contribution in [0.2, 0.25) is 0 Å². The number of sulfonamides is 1. The average Bonchev–Trinajstić information content (AvgIpc) is 2.95. The number of hydrogen-bond acceptors (Lipinski definition) is 6. The van der Waals surface area contributed by atoms with E-state index in [0.717, 1.165) is 0 Å². The molecule has 2 aromatic rings. The first kappa shape index (κ1) is 13.3. The first-order valence-electron chi connectivity index (χ1n) is 4.90. The van der Waals surface area contributed by atoms with Gasteiger partial charge in [0.05, 0.1) is 19.3 Å². The molecule has 0 amide bonds. The maximum absolute atomic E-state index is 12.0. The number of hydrogen-bond donors (Lipinski definition) is 2. The van der Waals surface area contributed by atoms with Crippen LogP contribution in [0.1, 0.15) is 11.5 Å². The van der Waals surface area contributed by atoms with Crippen molar-refractivity contribution in [3.63, 3.8) is 0 Å². The first-order chi connectivity index (χ1) is 8.53. The van der Waals surface area contributed by atoms with E-state index in [9.17, 15) is 8.42 Å². The second-order valence-electron chi connectivity index (χ2n) is 3.36. The molecule has 0 spiro atoms. The van der Waals surface area contributed by atoms with Crippen LogP contribution in [0.5, 0.6) is 0 Å². The van der Waals surface area contributed by atoms with Gasteiger partial charge in [-0.05, 0) is 15.9 Å². The van der Waals surface area contributed by atoms with E-state index in [-0.39, 0.29) is 22.7 Å². The van der Waals surface area contributed by atoms with E-state index >= 15 is 0 Å². The molecule has 0 saturated carbocycles. The van der Waals surface area contributed by atoms with Gasteiger partial charge in [0, 0.05) is 12.1 Å². The third-order valence-electron chi connectivity index (χ3n) is 2.12. The number of nitrogens with zero attached hydrogens (tertiary/aromatic N) is 1. The highest BCUT2D eigenvalue weighted by Crippen LogP contribution is 2.25. The molecule has 0 bridgehead atoms. The molecular formula is C9H10BrN3O4S. The normalized spacial score (nSPS) is 11.9. The summed E-state index contributed by atoms with van der Waals surface area (Å²) in [6.45, 7) is 0.133. The molecule has 0 radical (unpaired) electrons. The highest BCUT2D eigenvalue weighted by molar-refractivity contribution is 9.10. The summed E-state index contributed by atoms with van der Waals surface area (Å²) in [6.07, 6.45) is 1.43. The predicted molar refractivity (Wildman–Crippen MR) is 64.8 cm³/mol. The summed E-state index contributed by atoms with van der Waals surface area (Å²) in [7, 11) is -3.69. The van der Waals surface area contributed by atoms with E-state index in [1.54, 1.807) is 6.07 Å². The predicted octanol–water partition coefficient (Wildman–Crippen LogP) is 0.967. The molecule has 7 nitrogen and oxygen atoms in total. The van der Waals surface area contributed by atoms with E-state index in [1.165, 1.54) is 12.3 Å². The summed E-state index contributed by atoms with van der Waals surface area (Å²) in [5.41, 5.74) is 5.37. The Labute approximate surface area is 111 Å². The van der Waals surface area contributed by atoms with Gasteiger partial charge in [-0.3, -0.25) is 0 Å². The van der Waals surface area contributed by atoms with E-state index < -0.39 is 10.0 Å². The Balaban J connectivity index is 2.17. The Bertz CT molecular complexity index is 620. The lowest BCUT2D eigenvalue weighted by Gasteiger charge is -2.02. The summed E-state index contributed by atoms with van der Waals surface area (Å²) in [5.74, 6) is 0.791. The number of nitrogens with two attached hydrogens (primary N) is 1. The SMILES string of the molecule is NCc1cc(S(=O)(=O)NCc2ccno2)c(Br)o1. The molecule has 0 saturated heterocycles. The topological polar surface area (TPSA) is 111 Å². The smallest absolute Gasteiger partial charge is 0.245 e. The number of aromatic nitrogens is 1. The minimum atomic E-state index is -3.69. The summed E-state index contributed by atoms with van der Waals surface area (Å²) in [5, 5.41) is 3.48. The number of rotatable bonds is 5. The highest BCUT2D eigenvalue weighted by Gasteiger charge is 2.22. The van der Waals surface area contributed by atoms with Crippen molar-refractivity contribution in [2.75, 3.05) is 0 Å². The zero-order valence-electron chi connectivity index (χ0n) is 9.09. The van der Waals surface area contributed by atoms with E-state index in [1.807, 2.05) is 0 Å². The van der Waals surface area contributed by atoms with Crippen LogP contribution in [0.25, 0.3) is 0 Å². The summed E-state index contributed by atoms with van der Waals surface area (Å²) < 4.78 is 36.3. The molecule has 0 aromatic carbocycles. The lowest BCUT2D eigenvalue weighted by Crippen LogP contribution is -2.22. The molecule has 0 aliphatic carbocycles. The van der Waals surface area contributed by atoms with Crippen molar-refractivity contribution in [3.05, 3.63) is 34.5 Å². The highest BCUT2D eigenvalue weighted by atomic mass is 79.9. The van der Waals surface area contributed by atoms with Crippen molar-refractivity contribution >= 4 is 26.0 Å². The van der Waals surface area contributed by atoms with Gasteiger partial charge in [-0.1, -0.05) is 5.16 Å². The van der Waals surface area contributed by atoms with E-state index in [0.29, 0.717) is 11.5 Å². The Hall–Kier alpha value is -1.16. The Morgan fingerprint density at radius 2 is 2.22 bits per heavy atom. The van der Waals surface area contributed by atoms with Gasteiger partial charge in [-0.2, -0.15) is 0 Å². The standard InChI is InChI=1S/C9H10BrN3O4S/c10-9-8(3-7(4-11)16-9)18(14,15)13-5-6-1-2-12-17-6/h1-3,13H,4-5,11H2. The van der Waals surface area contributed by atoms with Crippen molar-refractivity contribution in [1.29, 1.82) is 0 Å². The summed E-state index contributed by atoms with van der Waals surface area (Å²) in [6, 6.07) is 2.94. The molecule has 2 heterocycles. The number of furan rings is 1. The third kappa shape index (κ3) is 2.80. The van der Waals surface area contributed by atoms with Crippen LogP contribution in [0.4, 0.5) is 0 Å². The fourth-order valence-corrected chi connectivity index (χ4v) is 3.25. The largest absolute Gasteiger partial charge is 0.452 e. The first-order valence-corrected chi connectivity index (χ1v) is 7.18. The molecule has 3 N–H and O–H groups in total. The van der Waals surface area contributed by atoms with Crippen molar-refractivity contribution in [2.24, 2.45) is 5.73 Å². The molecule has 9 heteroatoms. The van der Waals surface area contributed by atoms with Crippen LogP contribution in [0.3, 0.4) is 0 Å². The van der Waals surface area contributed by atoms with Crippen LogP contribution in [-0.2, 0) is 23.1 Å². The van der Waals surface area contributed by atoms with Crippen molar-refractivity contribution < 1.29 is 17.4 Å². The lowest BCUT2D eigenvalue weighted by molar-refractivity contribution is 0.380. The minimum absolute atomic E-state index is 0.00228. The van der Waals surface area contributed by atoms with Crippen LogP contribution < -0.4 is 10.5 Å². The van der Waals surface area contributed by atoms with Crippen molar-refractivity contribution in [2.45, 2.75) is 18.0 Å². The molecule has 0 aliphatic rings. The van der Waals surface area contributed by atoms with E-state index in [2.05, 4.69) is 25.8 Å². The quantitative estimate of drug-likeness (QED) is 0.841. The molecule has 0 unspecified atom stereocenters. The number of nitrogens with one attached hydrogen (secondary N) is 1. The third-order valence-corrected chi connectivity index (χ3v) is 4.38. The average molecular weight is 336 g/mol. The molecular weight excluding hydrogens is 326 g/mol. The van der Waals surface area contributed by atoms with Gasteiger partial charge in [-0.15, -0.1) is 0 Å². The molecule has 2 aromatic heterocycles. The Kier molecular flexibility index (Phi) is 3.85. The van der Waals surface area contributed by atoms with Gasteiger partial charge in [0.25, 0.3) is 0 Å². The van der Waals surface area contributed by atoms with Crippen LogP contribution in [-0.4, -0.2) is 13.6 Å². The fourth-order valence-electron chi connectivity index (χ4n) is 1.26. The Morgan fingerprint density at radius 1 is 1.44 bits per heavy atom. The van der Waals surface area contributed by atoms with Gasteiger partial charge in [-0.25, -0.2) is 13.1 Å². The lowest BCUT2D eigenvalue weighted by atomic mass is 10.5. The van der Waals surface area contributed by atoms with Gasteiger partial charge < -0.3 is 14.7 Å². The van der Waals surface area contributed by atoms with Gasteiger partial charge in [0.15, 0.2) is 10.4 Å². The maximum atomic E-state index is 12.0. The van der Waals surface area contributed by atoms with Gasteiger partial charge in [0.1, 0.15) is 10.7 Å². The minimum Gasteiger partial charge on any atom is -0.452 e. The molecule has 98 valence electrons.